The lowest BCUT2D eigenvalue weighted by atomic mass is 10.0. The Labute approximate surface area is 87.1 Å². The summed E-state index contributed by atoms with van der Waals surface area (Å²) >= 11 is 0. The van der Waals surface area contributed by atoms with Gasteiger partial charge < -0.3 is 5.11 Å². The summed E-state index contributed by atoms with van der Waals surface area (Å²) in [5.41, 5.74) is 0.752. The summed E-state index contributed by atoms with van der Waals surface area (Å²) in [5.74, 6) is -0.0244. The number of hydrogen-bond acceptors (Lipinski definition) is 2. The molecule has 1 saturated heterocycles. The van der Waals surface area contributed by atoms with Crippen LogP contribution in [-0.4, -0.2) is 28.4 Å². The smallest absolute Gasteiger partial charge is 0.408 e. The third kappa shape index (κ3) is 1.70. The largest absolute Gasteiger partial charge is 0.465 e. The molecule has 1 aliphatic heterocycles. The zero-order valence-electron chi connectivity index (χ0n) is 8.09. The molecule has 0 spiro atoms. The highest BCUT2D eigenvalue weighted by atomic mass is 16.4. The van der Waals surface area contributed by atoms with E-state index in [1.807, 2.05) is 6.07 Å². The molecule has 4 heteroatoms. The van der Waals surface area contributed by atoms with Crippen LogP contribution >= 0.6 is 0 Å². The molecule has 1 aliphatic rings. The number of nitrogens with zero attached hydrogens (tertiary/aromatic N) is 1. The molecule has 1 aromatic carbocycles. The molecule has 1 N–H and O–H groups in total. The Kier molecular flexibility index (Phi) is 2.41. The van der Waals surface area contributed by atoms with Crippen molar-refractivity contribution in [1.82, 2.24) is 4.90 Å². The molecule has 78 valence electrons. The number of rotatable bonds is 1. The summed E-state index contributed by atoms with van der Waals surface area (Å²) < 4.78 is 0. The second-order valence-electron chi connectivity index (χ2n) is 3.51. The summed E-state index contributed by atoms with van der Waals surface area (Å²) in [5, 5.41) is 8.94. The van der Waals surface area contributed by atoms with E-state index in [0.29, 0.717) is 13.0 Å². The zero-order valence-corrected chi connectivity index (χ0v) is 8.09. The van der Waals surface area contributed by atoms with Gasteiger partial charge in [0.2, 0.25) is 0 Å². The third-order valence-electron chi connectivity index (χ3n) is 2.58. The molecule has 0 saturated carbocycles. The number of hydrogen-bond donors (Lipinski definition) is 1. The standard InChI is InChI=1S/C11H11NO3/c13-9-6-7-12(11(14)15)10(9)8-4-2-1-3-5-8/h1-5,10H,6-7H2,(H,14,15)/t10-/m0/s1. The molecule has 0 radical (unpaired) electrons. The van der Waals surface area contributed by atoms with Crippen molar-refractivity contribution < 1.29 is 14.7 Å². The Morgan fingerprint density at radius 2 is 2.00 bits per heavy atom. The topological polar surface area (TPSA) is 57.6 Å². The maximum Gasteiger partial charge on any atom is 0.408 e. The first-order valence-electron chi connectivity index (χ1n) is 4.77. The van der Waals surface area contributed by atoms with Crippen molar-refractivity contribution in [2.45, 2.75) is 12.5 Å². The monoisotopic (exact) mass is 205 g/mol. The molecule has 4 nitrogen and oxygen atoms in total. The molecule has 1 fully saturated rings. The lowest BCUT2D eigenvalue weighted by Crippen LogP contribution is -2.30. The van der Waals surface area contributed by atoms with Gasteiger partial charge in [-0.1, -0.05) is 30.3 Å². The van der Waals surface area contributed by atoms with Crippen LogP contribution in [0.1, 0.15) is 18.0 Å². The number of carbonyl (C=O) groups excluding carboxylic acids is 1. The van der Waals surface area contributed by atoms with E-state index in [1.165, 1.54) is 4.90 Å². The van der Waals surface area contributed by atoms with E-state index < -0.39 is 12.1 Å². The number of carbonyl (C=O) groups is 2. The molecule has 2 rings (SSSR count). The van der Waals surface area contributed by atoms with Crippen LogP contribution in [0, 0.1) is 0 Å². The van der Waals surface area contributed by atoms with Gasteiger partial charge in [-0.05, 0) is 5.56 Å². The molecular formula is C11H11NO3. The Morgan fingerprint density at radius 3 is 2.60 bits per heavy atom. The lowest BCUT2D eigenvalue weighted by molar-refractivity contribution is -0.119. The van der Waals surface area contributed by atoms with Gasteiger partial charge in [0.1, 0.15) is 6.04 Å². The molecule has 1 heterocycles. The molecule has 0 aromatic heterocycles. The molecule has 1 amide bonds. The van der Waals surface area contributed by atoms with Gasteiger partial charge in [0, 0.05) is 13.0 Å². The Hall–Kier alpha value is -1.84. The Balaban J connectivity index is 2.33. The minimum atomic E-state index is -1.03. The van der Waals surface area contributed by atoms with E-state index >= 15 is 0 Å². The van der Waals surface area contributed by atoms with Crippen LogP contribution in [0.2, 0.25) is 0 Å². The van der Waals surface area contributed by atoms with Crippen LogP contribution < -0.4 is 0 Å². The zero-order chi connectivity index (χ0) is 10.8. The van der Waals surface area contributed by atoms with Crippen LogP contribution in [0.5, 0.6) is 0 Å². The van der Waals surface area contributed by atoms with Crippen molar-refractivity contribution in [1.29, 1.82) is 0 Å². The molecule has 0 unspecified atom stereocenters. The maximum atomic E-state index is 11.6. The van der Waals surface area contributed by atoms with Crippen LogP contribution in [0.25, 0.3) is 0 Å². The number of Topliss-reactive ketones (excluding diaryl/α,β-unsaturated/α-hetero) is 1. The van der Waals surface area contributed by atoms with Crippen molar-refractivity contribution in [3.63, 3.8) is 0 Å². The quantitative estimate of drug-likeness (QED) is 0.758. The van der Waals surface area contributed by atoms with Crippen molar-refractivity contribution in [3.8, 4) is 0 Å². The second kappa shape index (κ2) is 3.73. The highest BCUT2D eigenvalue weighted by Crippen LogP contribution is 2.28. The van der Waals surface area contributed by atoms with E-state index in [0.717, 1.165) is 5.56 Å². The SMILES string of the molecule is O=C1CCN(C(=O)O)[C@H]1c1ccccc1. The highest BCUT2D eigenvalue weighted by Gasteiger charge is 2.36. The Morgan fingerprint density at radius 1 is 1.33 bits per heavy atom. The fourth-order valence-corrected chi connectivity index (χ4v) is 1.88. The van der Waals surface area contributed by atoms with E-state index in [9.17, 15) is 9.59 Å². The van der Waals surface area contributed by atoms with Gasteiger partial charge in [-0.3, -0.25) is 9.69 Å². The van der Waals surface area contributed by atoms with Crippen LogP contribution in [0.15, 0.2) is 30.3 Å². The predicted octanol–water partition coefficient (Wildman–Crippen LogP) is 1.68. The van der Waals surface area contributed by atoms with Crippen LogP contribution in [0.3, 0.4) is 0 Å². The van der Waals surface area contributed by atoms with Crippen LogP contribution in [-0.2, 0) is 4.79 Å². The number of benzene rings is 1. The van der Waals surface area contributed by atoms with Gasteiger partial charge in [-0.15, -0.1) is 0 Å². The molecular weight excluding hydrogens is 194 g/mol. The Bertz CT molecular complexity index is 388. The van der Waals surface area contributed by atoms with E-state index in [1.54, 1.807) is 24.3 Å². The van der Waals surface area contributed by atoms with Gasteiger partial charge in [-0.25, -0.2) is 4.79 Å². The van der Waals surface area contributed by atoms with Crippen molar-refractivity contribution >= 4 is 11.9 Å². The third-order valence-corrected chi connectivity index (χ3v) is 2.58. The number of ketones is 1. The molecule has 0 bridgehead atoms. The van der Waals surface area contributed by atoms with Crippen molar-refractivity contribution in [2.24, 2.45) is 0 Å². The van der Waals surface area contributed by atoms with Crippen LogP contribution in [0.4, 0.5) is 4.79 Å². The maximum absolute atomic E-state index is 11.6. The average molecular weight is 205 g/mol. The summed E-state index contributed by atoms with van der Waals surface area (Å²) in [7, 11) is 0. The summed E-state index contributed by atoms with van der Waals surface area (Å²) in [6, 6.07) is 8.41. The minimum Gasteiger partial charge on any atom is -0.465 e. The highest BCUT2D eigenvalue weighted by molar-refractivity contribution is 5.91. The van der Waals surface area contributed by atoms with Gasteiger partial charge in [0.15, 0.2) is 5.78 Å². The average Bonchev–Trinajstić information content (AvgIpc) is 2.61. The first kappa shape index (κ1) is 9.71. The first-order valence-corrected chi connectivity index (χ1v) is 4.77. The summed E-state index contributed by atoms with van der Waals surface area (Å²) in [6.45, 7) is 0.299. The van der Waals surface area contributed by atoms with Gasteiger partial charge in [-0.2, -0.15) is 0 Å². The molecule has 1 aromatic rings. The molecule has 15 heavy (non-hydrogen) atoms. The van der Waals surface area contributed by atoms with Gasteiger partial charge in [0.25, 0.3) is 0 Å². The summed E-state index contributed by atoms with van der Waals surface area (Å²) in [6.07, 6.45) is -0.721. The van der Waals surface area contributed by atoms with Crippen molar-refractivity contribution in [2.75, 3.05) is 6.54 Å². The van der Waals surface area contributed by atoms with Gasteiger partial charge in [0.05, 0.1) is 0 Å². The summed E-state index contributed by atoms with van der Waals surface area (Å²) in [4.78, 5) is 23.7. The fourth-order valence-electron chi connectivity index (χ4n) is 1.88. The minimum absolute atomic E-state index is 0.0244. The predicted molar refractivity (Wildman–Crippen MR) is 53.5 cm³/mol. The number of likely N-dealkylation sites (tertiary alicyclic amines) is 1. The number of amides is 1. The van der Waals surface area contributed by atoms with E-state index in [-0.39, 0.29) is 5.78 Å². The lowest BCUT2D eigenvalue weighted by Gasteiger charge is -2.20. The fraction of sp³-hybridized carbons (Fsp3) is 0.273. The normalized spacial score (nSPS) is 20.7. The van der Waals surface area contributed by atoms with E-state index in [4.69, 9.17) is 5.11 Å². The van der Waals surface area contributed by atoms with Crippen molar-refractivity contribution in [3.05, 3.63) is 35.9 Å². The second-order valence-corrected chi connectivity index (χ2v) is 3.51. The molecule has 1 atom stereocenters. The first-order chi connectivity index (χ1) is 7.20. The molecule has 0 aliphatic carbocycles. The van der Waals surface area contributed by atoms with Gasteiger partial charge >= 0.3 is 6.09 Å². The van der Waals surface area contributed by atoms with E-state index in [2.05, 4.69) is 0 Å². The number of carboxylic acid groups (broad SMARTS) is 1.